The standard InChI is InChI=1S/C9H16S/c1-9(2)7-5-4-6-8-10-3/h9H,6-8H2,1-3H3. The Balaban J connectivity index is 3.14. The van der Waals surface area contributed by atoms with E-state index in [9.17, 15) is 0 Å². The Bertz CT molecular complexity index is 116. The largest absolute Gasteiger partial charge is 0.164 e. The van der Waals surface area contributed by atoms with E-state index in [0.29, 0.717) is 0 Å². The molecular weight excluding hydrogens is 140 g/mol. The number of hydrogen-bond acceptors (Lipinski definition) is 1. The van der Waals surface area contributed by atoms with Gasteiger partial charge in [0.15, 0.2) is 0 Å². The fourth-order valence-electron chi connectivity index (χ4n) is 0.518. The first kappa shape index (κ1) is 9.91. The summed E-state index contributed by atoms with van der Waals surface area (Å²) in [5, 5.41) is 0. The summed E-state index contributed by atoms with van der Waals surface area (Å²) in [5.74, 6) is 8.20. The van der Waals surface area contributed by atoms with Gasteiger partial charge in [0.05, 0.1) is 0 Å². The van der Waals surface area contributed by atoms with Crippen LogP contribution in [0.1, 0.15) is 26.7 Å². The zero-order valence-corrected chi connectivity index (χ0v) is 7.92. The van der Waals surface area contributed by atoms with Crippen molar-refractivity contribution < 1.29 is 0 Å². The van der Waals surface area contributed by atoms with Crippen molar-refractivity contribution in [3.63, 3.8) is 0 Å². The molecule has 0 rings (SSSR count). The number of hydrogen-bond donors (Lipinski definition) is 0. The molecule has 0 spiro atoms. The first-order valence-electron chi connectivity index (χ1n) is 3.72. The predicted molar refractivity (Wildman–Crippen MR) is 50.2 cm³/mol. The Morgan fingerprint density at radius 2 is 2.00 bits per heavy atom. The Hall–Kier alpha value is -0.0900. The summed E-state index contributed by atoms with van der Waals surface area (Å²) >= 11 is 1.86. The van der Waals surface area contributed by atoms with Crippen LogP contribution in [-0.4, -0.2) is 12.0 Å². The Morgan fingerprint density at radius 3 is 2.50 bits per heavy atom. The molecule has 0 aliphatic carbocycles. The van der Waals surface area contributed by atoms with Crippen LogP contribution in [0.4, 0.5) is 0 Å². The van der Waals surface area contributed by atoms with Crippen LogP contribution in [0, 0.1) is 17.8 Å². The number of thioether (sulfide) groups is 1. The van der Waals surface area contributed by atoms with Gasteiger partial charge in [-0.05, 0) is 12.2 Å². The van der Waals surface area contributed by atoms with Gasteiger partial charge in [0, 0.05) is 18.6 Å². The molecular formula is C9H16S. The lowest BCUT2D eigenvalue weighted by Gasteiger charge is -1.92. The quantitative estimate of drug-likeness (QED) is 0.447. The maximum Gasteiger partial charge on any atom is 0.0179 e. The summed E-state index contributed by atoms with van der Waals surface area (Å²) < 4.78 is 0. The van der Waals surface area contributed by atoms with Crippen LogP contribution in [-0.2, 0) is 0 Å². The SMILES string of the molecule is CSCCC#CCC(C)C. The van der Waals surface area contributed by atoms with Gasteiger partial charge in [-0.1, -0.05) is 13.8 Å². The molecule has 0 aromatic heterocycles. The van der Waals surface area contributed by atoms with Crippen LogP contribution in [0.3, 0.4) is 0 Å². The molecule has 10 heavy (non-hydrogen) atoms. The van der Waals surface area contributed by atoms with Crippen molar-refractivity contribution in [3.8, 4) is 11.8 Å². The topological polar surface area (TPSA) is 0 Å². The van der Waals surface area contributed by atoms with Crippen molar-refractivity contribution in [2.45, 2.75) is 26.7 Å². The third-order valence-corrected chi connectivity index (χ3v) is 1.68. The lowest BCUT2D eigenvalue weighted by molar-refractivity contribution is 0.675. The van der Waals surface area contributed by atoms with E-state index in [-0.39, 0.29) is 0 Å². The molecule has 0 aromatic rings. The summed E-state index contributed by atoms with van der Waals surface area (Å²) in [6.45, 7) is 4.40. The molecule has 0 aliphatic heterocycles. The van der Waals surface area contributed by atoms with Gasteiger partial charge in [0.2, 0.25) is 0 Å². The third-order valence-electron chi connectivity index (χ3n) is 1.07. The third kappa shape index (κ3) is 7.91. The van der Waals surface area contributed by atoms with Crippen LogP contribution in [0.15, 0.2) is 0 Å². The molecule has 0 radical (unpaired) electrons. The first-order chi connectivity index (χ1) is 4.77. The second-order valence-electron chi connectivity index (χ2n) is 2.69. The molecule has 0 atom stereocenters. The zero-order valence-electron chi connectivity index (χ0n) is 7.11. The molecule has 1 heteroatoms. The van der Waals surface area contributed by atoms with Gasteiger partial charge >= 0.3 is 0 Å². The van der Waals surface area contributed by atoms with Crippen LogP contribution < -0.4 is 0 Å². The Morgan fingerprint density at radius 1 is 1.30 bits per heavy atom. The second-order valence-corrected chi connectivity index (χ2v) is 3.68. The van der Waals surface area contributed by atoms with Crippen LogP contribution >= 0.6 is 11.8 Å². The van der Waals surface area contributed by atoms with Crippen LogP contribution in [0.2, 0.25) is 0 Å². The van der Waals surface area contributed by atoms with E-state index in [4.69, 9.17) is 0 Å². The van der Waals surface area contributed by atoms with Crippen molar-refractivity contribution >= 4 is 11.8 Å². The smallest absolute Gasteiger partial charge is 0.0179 e. The summed E-state index contributed by atoms with van der Waals surface area (Å²) in [4.78, 5) is 0. The normalized spacial score (nSPS) is 9.20. The van der Waals surface area contributed by atoms with Gasteiger partial charge in [-0.25, -0.2) is 0 Å². The highest BCUT2D eigenvalue weighted by atomic mass is 32.2. The molecule has 0 heterocycles. The van der Waals surface area contributed by atoms with Crippen molar-refractivity contribution in [1.82, 2.24) is 0 Å². The second kappa shape index (κ2) is 7.02. The van der Waals surface area contributed by atoms with Gasteiger partial charge in [-0.15, -0.1) is 11.8 Å². The zero-order chi connectivity index (χ0) is 7.82. The minimum absolute atomic E-state index is 0.724. The van der Waals surface area contributed by atoms with Crippen molar-refractivity contribution in [2.75, 3.05) is 12.0 Å². The van der Waals surface area contributed by atoms with E-state index in [1.807, 2.05) is 11.8 Å². The average Bonchev–Trinajstić information content (AvgIpc) is 1.87. The highest BCUT2D eigenvalue weighted by Gasteiger charge is 1.85. The van der Waals surface area contributed by atoms with E-state index >= 15 is 0 Å². The predicted octanol–water partition coefficient (Wildman–Crippen LogP) is 2.79. The molecule has 0 bridgehead atoms. The van der Waals surface area contributed by atoms with Crippen LogP contribution in [0.5, 0.6) is 0 Å². The van der Waals surface area contributed by atoms with Crippen molar-refractivity contribution in [2.24, 2.45) is 5.92 Å². The van der Waals surface area contributed by atoms with E-state index in [2.05, 4.69) is 31.9 Å². The molecule has 0 fully saturated rings. The summed E-state index contributed by atoms with van der Waals surface area (Å²) in [5.41, 5.74) is 0. The molecule has 0 N–H and O–H groups in total. The summed E-state index contributed by atoms with van der Waals surface area (Å²) in [6.07, 6.45) is 4.21. The van der Waals surface area contributed by atoms with Gasteiger partial charge in [0.25, 0.3) is 0 Å². The number of rotatable bonds is 3. The maximum absolute atomic E-state index is 3.16. The average molecular weight is 156 g/mol. The molecule has 0 nitrogen and oxygen atoms in total. The van der Waals surface area contributed by atoms with E-state index in [1.165, 1.54) is 5.75 Å². The lowest BCUT2D eigenvalue weighted by Crippen LogP contribution is -1.81. The summed E-state index contributed by atoms with van der Waals surface area (Å²) in [7, 11) is 0. The van der Waals surface area contributed by atoms with Gasteiger partial charge in [-0.2, -0.15) is 11.8 Å². The Labute approximate surface area is 68.8 Å². The van der Waals surface area contributed by atoms with Gasteiger partial charge in [0.1, 0.15) is 0 Å². The molecule has 0 aromatic carbocycles. The highest BCUT2D eigenvalue weighted by Crippen LogP contribution is 1.97. The lowest BCUT2D eigenvalue weighted by atomic mass is 10.1. The fourth-order valence-corrected chi connectivity index (χ4v) is 0.824. The summed E-state index contributed by atoms with van der Waals surface area (Å²) in [6, 6.07) is 0. The van der Waals surface area contributed by atoms with Crippen molar-refractivity contribution in [3.05, 3.63) is 0 Å². The maximum atomic E-state index is 3.16. The molecule has 58 valence electrons. The monoisotopic (exact) mass is 156 g/mol. The van der Waals surface area contributed by atoms with Gasteiger partial charge < -0.3 is 0 Å². The van der Waals surface area contributed by atoms with E-state index < -0.39 is 0 Å². The highest BCUT2D eigenvalue weighted by molar-refractivity contribution is 7.98. The molecule has 0 unspecified atom stereocenters. The first-order valence-corrected chi connectivity index (χ1v) is 5.11. The van der Waals surface area contributed by atoms with Crippen LogP contribution in [0.25, 0.3) is 0 Å². The minimum Gasteiger partial charge on any atom is -0.164 e. The fraction of sp³-hybridized carbons (Fsp3) is 0.778. The molecule has 0 saturated carbocycles. The molecule has 0 saturated heterocycles. The molecule has 0 aliphatic rings. The van der Waals surface area contributed by atoms with Crippen molar-refractivity contribution in [1.29, 1.82) is 0 Å². The van der Waals surface area contributed by atoms with E-state index in [0.717, 1.165) is 18.8 Å². The van der Waals surface area contributed by atoms with Gasteiger partial charge in [-0.3, -0.25) is 0 Å². The molecule has 0 amide bonds. The minimum atomic E-state index is 0.724. The Kier molecular flexibility index (Phi) is 6.96. The van der Waals surface area contributed by atoms with E-state index in [1.54, 1.807) is 0 Å².